The highest BCUT2D eigenvalue weighted by atomic mass is 32.1. The molecule has 0 bridgehead atoms. The number of carbonyl (C=O) groups excluding carboxylic acids is 1. The van der Waals surface area contributed by atoms with Gasteiger partial charge in [0.25, 0.3) is 5.56 Å². The first-order valence-electron chi connectivity index (χ1n) is 10.3. The third kappa shape index (κ3) is 4.38. The molecule has 7 nitrogen and oxygen atoms in total. The predicted molar refractivity (Wildman–Crippen MR) is 116 cm³/mol. The molecule has 0 unspecified atom stereocenters. The maximum atomic E-state index is 12.8. The zero-order chi connectivity index (χ0) is 21.3. The quantitative estimate of drug-likeness (QED) is 0.667. The Bertz CT molecular complexity index is 1110. The Hall–Kier alpha value is -2.74. The van der Waals surface area contributed by atoms with Gasteiger partial charge in [-0.05, 0) is 44.7 Å². The van der Waals surface area contributed by atoms with Crippen molar-refractivity contribution in [2.45, 2.75) is 59.0 Å². The summed E-state index contributed by atoms with van der Waals surface area (Å²) < 4.78 is 6.63. The van der Waals surface area contributed by atoms with Crippen LogP contribution in [0.25, 0.3) is 21.9 Å². The minimum Gasteiger partial charge on any atom is -0.356 e. The molecule has 158 valence electrons. The SMILES string of the molecule is Cc1cc(-c2cc(=O)n(CC(=O)N[C@H]3CCCC[C@@H]3C)nc2-c2ccc(C)s2)on1. The van der Waals surface area contributed by atoms with Crippen LogP contribution in [-0.4, -0.2) is 26.9 Å². The van der Waals surface area contributed by atoms with Crippen LogP contribution < -0.4 is 10.9 Å². The van der Waals surface area contributed by atoms with Gasteiger partial charge in [0.05, 0.1) is 16.1 Å². The second-order valence-electron chi connectivity index (χ2n) is 8.08. The first kappa shape index (κ1) is 20.5. The molecule has 0 radical (unpaired) electrons. The number of thiophene rings is 1. The molecule has 4 rings (SSSR count). The van der Waals surface area contributed by atoms with Gasteiger partial charge in [-0.1, -0.05) is 24.9 Å². The Balaban J connectivity index is 1.65. The normalized spacial score (nSPS) is 19.0. The first-order chi connectivity index (χ1) is 14.4. The largest absolute Gasteiger partial charge is 0.356 e. The van der Waals surface area contributed by atoms with Crippen molar-refractivity contribution in [1.29, 1.82) is 0 Å². The molecule has 0 aliphatic heterocycles. The summed E-state index contributed by atoms with van der Waals surface area (Å²) in [5, 5.41) is 11.6. The van der Waals surface area contributed by atoms with E-state index in [1.807, 2.05) is 26.0 Å². The van der Waals surface area contributed by atoms with E-state index in [0.29, 0.717) is 22.9 Å². The summed E-state index contributed by atoms with van der Waals surface area (Å²) in [6, 6.07) is 7.39. The highest BCUT2D eigenvalue weighted by Crippen LogP contribution is 2.33. The van der Waals surface area contributed by atoms with E-state index in [2.05, 4.69) is 22.5 Å². The van der Waals surface area contributed by atoms with Crippen LogP contribution in [0.5, 0.6) is 0 Å². The lowest BCUT2D eigenvalue weighted by atomic mass is 9.86. The fourth-order valence-electron chi connectivity index (χ4n) is 3.94. The monoisotopic (exact) mass is 426 g/mol. The van der Waals surface area contributed by atoms with Gasteiger partial charge in [-0.3, -0.25) is 9.59 Å². The summed E-state index contributed by atoms with van der Waals surface area (Å²) in [6.07, 6.45) is 4.44. The van der Waals surface area contributed by atoms with Crippen LogP contribution in [0.4, 0.5) is 0 Å². The Morgan fingerprint density at radius 1 is 1.27 bits per heavy atom. The predicted octanol–water partition coefficient (Wildman–Crippen LogP) is 3.94. The number of aryl methyl sites for hydroxylation is 2. The van der Waals surface area contributed by atoms with Crippen LogP contribution in [0, 0.1) is 19.8 Å². The lowest BCUT2D eigenvalue weighted by molar-refractivity contribution is -0.123. The van der Waals surface area contributed by atoms with Crippen LogP contribution in [0.1, 0.15) is 43.2 Å². The van der Waals surface area contributed by atoms with Gasteiger partial charge in [-0.25, -0.2) is 4.68 Å². The molecule has 30 heavy (non-hydrogen) atoms. The molecule has 1 amide bonds. The minimum absolute atomic E-state index is 0.102. The highest BCUT2D eigenvalue weighted by Gasteiger charge is 2.24. The molecule has 2 atom stereocenters. The maximum Gasteiger partial charge on any atom is 0.268 e. The van der Waals surface area contributed by atoms with Crippen LogP contribution in [-0.2, 0) is 11.3 Å². The van der Waals surface area contributed by atoms with Gasteiger partial charge in [-0.15, -0.1) is 11.3 Å². The van der Waals surface area contributed by atoms with Crippen molar-refractivity contribution in [2.24, 2.45) is 5.92 Å². The molecule has 3 aromatic rings. The van der Waals surface area contributed by atoms with Gasteiger partial charge < -0.3 is 9.84 Å². The van der Waals surface area contributed by atoms with E-state index < -0.39 is 0 Å². The van der Waals surface area contributed by atoms with Gasteiger partial charge in [0.2, 0.25) is 5.91 Å². The number of aromatic nitrogens is 3. The summed E-state index contributed by atoms with van der Waals surface area (Å²) in [6.45, 7) is 5.91. The fraction of sp³-hybridized carbons (Fsp3) is 0.455. The van der Waals surface area contributed by atoms with Crippen molar-refractivity contribution < 1.29 is 9.32 Å². The van der Waals surface area contributed by atoms with E-state index >= 15 is 0 Å². The third-order valence-corrected chi connectivity index (χ3v) is 6.62. The number of rotatable bonds is 5. The van der Waals surface area contributed by atoms with Crippen LogP contribution >= 0.6 is 11.3 Å². The number of carbonyl (C=O) groups is 1. The first-order valence-corrected chi connectivity index (χ1v) is 11.1. The van der Waals surface area contributed by atoms with Crippen molar-refractivity contribution >= 4 is 17.2 Å². The second-order valence-corrected chi connectivity index (χ2v) is 9.37. The number of amides is 1. The van der Waals surface area contributed by atoms with Crippen molar-refractivity contribution in [2.75, 3.05) is 0 Å². The topological polar surface area (TPSA) is 90.0 Å². The molecule has 1 N–H and O–H groups in total. The third-order valence-electron chi connectivity index (χ3n) is 5.62. The molecule has 3 aromatic heterocycles. The van der Waals surface area contributed by atoms with Crippen LogP contribution in [0.3, 0.4) is 0 Å². The Morgan fingerprint density at radius 2 is 2.07 bits per heavy atom. The zero-order valence-electron chi connectivity index (χ0n) is 17.5. The molecule has 1 aliphatic rings. The molecule has 1 aliphatic carbocycles. The van der Waals surface area contributed by atoms with Crippen molar-refractivity contribution in [3.05, 3.63) is 45.2 Å². The van der Waals surface area contributed by atoms with E-state index in [-0.39, 0.29) is 24.1 Å². The number of nitrogens with one attached hydrogen (secondary N) is 1. The molecule has 0 spiro atoms. The Labute approximate surface area is 179 Å². The Morgan fingerprint density at radius 3 is 2.73 bits per heavy atom. The molecule has 0 aromatic carbocycles. The summed E-state index contributed by atoms with van der Waals surface area (Å²) in [7, 11) is 0. The number of hydrogen-bond donors (Lipinski definition) is 1. The average molecular weight is 427 g/mol. The molecular formula is C22H26N4O3S. The lowest BCUT2D eigenvalue weighted by Crippen LogP contribution is -2.43. The molecule has 8 heteroatoms. The highest BCUT2D eigenvalue weighted by molar-refractivity contribution is 7.15. The molecular weight excluding hydrogens is 400 g/mol. The van der Waals surface area contributed by atoms with Gasteiger partial charge >= 0.3 is 0 Å². The van der Waals surface area contributed by atoms with E-state index in [0.717, 1.165) is 34.7 Å². The summed E-state index contributed by atoms with van der Waals surface area (Å²) in [5.74, 6) is 0.764. The second kappa shape index (κ2) is 8.55. The van der Waals surface area contributed by atoms with Gasteiger partial charge in [0, 0.05) is 23.1 Å². The van der Waals surface area contributed by atoms with Crippen LogP contribution in [0.2, 0.25) is 0 Å². The lowest BCUT2D eigenvalue weighted by Gasteiger charge is -2.29. The number of hydrogen-bond acceptors (Lipinski definition) is 6. The van der Waals surface area contributed by atoms with Crippen molar-refractivity contribution in [1.82, 2.24) is 20.3 Å². The fourth-order valence-corrected chi connectivity index (χ4v) is 4.81. The molecule has 0 saturated heterocycles. The summed E-state index contributed by atoms with van der Waals surface area (Å²) in [5.41, 5.74) is 1.58. The molecule has 3 heterocycles. The standard InChI is InChI=1S/C22H26N4O3S/c1-13-6-4-5-7-17(13)23-20(27)12-26-21(28)11-16(18-10-14(2)25-29-18)22(24-26)19-9-8-15(3)30-19/h8-11,13,17H,4-7,12H2,1-3H3,(H,23,27)/t13-,17-/m0/s1. The Kier molecular flexibility index (Phi) is 5.85. The van der Waals surface area contributed by atoms with Crippen molar-refractivity contribution in [3.8, 4) is 21.9 Å². The van der Waals surface area contributed by atoms with Crippen LogP contribution in [0.15, 0.2) is 33.6 Å². The van der Waals surface area contributed by atoms with Gasteiger partial charge in [0.1, 0.15) is 12.2 Å². The van der Waals surface area contributed by atoms with E-state index in [1.165, 1.54) is 17.2 Å². The molecule has 1 fully saturated rings. The number of nitrogens with zero attached hydrogens (tertiary/aromatic N) is 3. The smallest absolute Gasteiger partial charge is 0.268 e. The molecule has 1 saturated carbocycles. The van der Waals surface area contributed by atoms with E-state index in [1.54, 1.807) is 17.4 Å². The summed E-state index contributed by atoms with van der Waals surface area (Å²) >= 11 is 1.58. The average Bonchev–Trinajstić information content (AvgIpc) is 3.33. The maximum absolute atomic E-state index is 12.8. The zero-order valence-corrected chi connectivity index (χ0v) is 18.3. The van der Waals surface area contributed by atoms with Crippen molar-refractivity contribution in [3.63, 3.8) is 0 Å². The van der Waals surface area contributed by atoms with E-state index in [9.17, 15) is 9.59 Å². The van der Waals surface area contributed by atoms with Gasteiger partial charge in [0.15, 0.2) is 5.76 Å². The van der Waals surface area contributed by atoms with E-state index in [4.69, 9.17) is 4.52 Å². The minimum atomic E-state index is -0.345. The summed E-state index contributed by atoms with van der Waals surface area (Å²) in [4.78, 5) is 27.5. The van der Waals surface area contributed by atoms with Gasteiger partial charge in [-0.2, -0.15) is 5.10 Å².